The van der Waals surface area contributed by atoms with Crippen LogP contribution in [0.15, 0.2) is 28.9 Å². The van der Waals surface area contributed by atoms with Crippen molar-refractivity contribution in [2.45, 2.75) is 13.8 Å². The second-order valence-electron chi connectivity index (χ2n) is 3.66. The van der Waals surface area contributed by atoms with Gasteiger partial charge in [-0.05, 0) is 53.0 Å². The molecule has 0 radical (unpaired) electrons. The average Bonchev–Trinajstić information content (AvgIpc) is 2.27. The molecule has 1 aromatic heterocycles. The van der Waals surface area contributed by atoms with Crippen LogP contribution in [0.1, 0.15) is 11.1 Å². The van der Waals surface area contributed by atoms with Gasteiger partial charge in [0.2, 0.25) is 11.2 Å². The summed E-state index contributed by atoms with van der Waals surface area (Å²) in [5.74, 6) is 1.17. The zero-order valence-corrected chi connectivity index (χ0v) is 11.7. The van der Waals surface area contributed by atoms with E-state index in [2.05, 4.69) is 25.9 Å². The minimum atomic E-state index is 0.160. The van der Waals surface area contributed by atoms with Crippen LogP contribution in [0.2, 0.25) is 5.28 Å². The van der Waals surface area contributed by atoms with Crippen molar-refractivity contribution in [3.8, 4) is 11.6 Å². The molecule has 0 saturated carbocycles. The molecular formula is C12H10BrClN2O. The zero-order chi connectivity index (χ0) is 12.4. The van der Waals surface area contributed by atoms with E-state index in [0.717, 1.165) is 11.3 Å². The fourth-order valence-corrected chi connectivity index (χ4v) is 1.82. The topological polar surface area (TPSA) is 35.0 Å². The van der Waals surface area contributed by atoms with E-state index in [9.17, 15) is 0 Å². The molecule has 2 rings (SSSR count). The molecule has 0 amide bonds. The molecule has 1 heterocycles. The molecule has 0 aliphatic heterocycles. The number of rotatable bonds is 2. The molecule has 0 unspecified atom stereocenters. The Bertz CT molecular complexity index is 560. The molecule has 0 saturated heterocycles. The Morgan fingerprint density at radius 2 is 2.06 bits per heavy atom. The van der Waals surface area contributed by atoms with Crippen LogP contribution in [0.5, 0.6) is 11.6 Å². The second-order valence-corrected chi connectivity index (χ2v) is 4.86. The molecule has 3 nitrogen and oxygen atoms in total. The van der Waals surface area contributed by atoms with Crippen LogP contribution in [0.25, 0.3) is 0 Å². The highest BCUT2D eigenvalue weighted by Gasteiger charge is 2.08. The first-order valence-electron chi connectivity index (χ1n) is 4.99. The van der Waals surface area contributed by atoms with Crippen LogP contribution in [0, 0.1) is 13.8 Å². The van der Waals surface area contributed by atoms with Crippen molar-refractivity contribution in [1.29, 1.82) is 0 Å². The van der Waals surface area contributed by atoms with Crippen LogP contribution in [0.3, 0.4) is 0 Å². The molecule has 0 spiro atoms. The standard InChI is InChI=1S/C12H10BrClN2O/c1-7-3-4-10(8(2)5-7)17-11-9(13)6-15-12(14)16-11/h3-6H,1-2H3. The minimum Gasteiger partial charge on any atom is -0.437 e. The van der Waals surface area contributed by atoms with Gasteiger partial charge >= 0.3 is 0 Å². The summed E-state index contributed by atoms with van der Waals surface area (Å²) < 4.78 is 6.36. The van der Waals surface area contributed by atoms with Crippen LogP contribution < -0.4 is 4.74 Å². The second kappa shape index (κ2) is 5.02. The monoisotopic (exact) mass is 312 g/mol. The Morgan fingerprint density at radius 3 is 2.76 bits per heavy atom. The number of aryl methyl sites for hydroxylation is 2. The SMILES string of the molecule is Cc1ccc(Oc2nc(Cl)ncc2Br)c(C)c1. The summed E-state index contributed by atoms with van der Waals surface area (Å²) in [7, 11) is 0. The molecule has 5 heteroatoms. The third-order valence-corrected chi connectivity index (χ3v) is 2.95. The highest BCUT2D eigenvalue weighted by molar-refractivity contribution is 9.10. The zero-order valence-electron chi connectivity index (χ0n) is 9.37. The number of hydrogen-bond donors (Lipinski definition) is 0. The summed E-state index contributed by atoms with van der Waals surface area (Å²) in [4.78, 5) is 7.86. The molecular weight excluding hydrogens is 304 g/mol. The quantitative estimate of drug-likeness (QED) is 0.775. The molecule has 0 atom stereocenters. The van der Waals surface area contributed by atoms with Gasteiger partial charge in [-0.1, -0.05) is 17.7 Å². The lowest BCUT2D eigenvalue weighted by Gasteiger charge is -2.09. The van der Waals surface area contributed by atoms with Gasteiger partial charge in [0.25, 0.3) is 0 Å². The number of ether oxygens (including phenoxy) is 1. The normalized spacial score (nSPS) is 10.4. The molecule has 0 bridgehead atoms. The van der Waals surface area contributed by atoms with Crippen molar-refractivity contribution in [3.05, 3.63) is 45.3 Å². The Hall–Kier alpha value is -1.13. The maximum atomic E-state index is 5.73. The summed E-state index contributed by atoms with van der Waals surface area (Å²) in [6, 6.07) is 5.94. The highest BCUT2D eigenvalue weighted by atomic mass is 79.9. The van der Waals surface area contributed by atoms with Gasteiger partial charge in [-0.2, -0.15) is 4.98 Å². The smallest absolute Gasteiger partial charge is 0.237 e. The maximum absolute atomic E-state index is 5.73. The van der Waals surface area contributed by atoms with Crippen LogP contribution >= 0.6 is 27.5 Å². The lowest BCUT2D eigenvalue weighted by molar-refractivity contribution is 0.454. The van der Waals surface area contributed by atoms with Crippen molar-refractivity contribution in [3.63, 3.8) is 0 Å². The minimum absolute atomic E-state index is 0.160. The van der Waals surface area contributed by atoms with E-state index in [1.54, 1.807) is 6.20 Å². The van der Waals surface area contributed by atoms with E-state index in [-0.39, 0.29) is 5.28 Å². The Kier molecular flexibility index (Phi) is 3.64. The van der Waals surface area contributed by atoms with Crippen LogP contribution in [-0.4, -0.2) is 9.97 Å². The summed E-state index contributed by atoms with van der Waals surface area (Å²) in [5.41, 5.74) is 2.24. The van der Waals surface area contributed by atoms with Gasteiger partial charge in [0.05, 0.1) is 4.47 Å². The van der Waals surface area contributed by atoms with Crippen LogP contribution in [-0.2, 0) is 0 Å². The number of halogens is 2. The number of aromatic nitrogens is 2. The van der Waals surface area contributed by atoms with E-state index in [0.29, 0.717) is 10.4 Å². The first-order valence-corrected chi connectivity index (χ1v) is 6.16. The molecule has 0 fully saturated rings. The predicted molar refractivity (Wildman–Crippen MR) is 70.7 cm³/mol. The van der Waals surface area contributed by atoms with Gasteiger partial charge in [-0.15, -0.1) is 0 Å². The van der Waals surface area contributed by atoms with Crippen molar-refractivity contribution in [1.82, 2.24) is 9.97 Å². The van der Waals surface area contributed by atoms with Gasteiger partial charge in [-0.3, -0.25) is 0 Å². The number of nitrogens with zero attached hydrogens (tertiary/aromatic N) is 2. The van der Waals surface area contributed by atoms with Gasteiger partial charge in [0.1, 0.15) is 5.75 Å². The third kappa shape index (κ3) is 2.96. The van der Waals surface area contributed by atoms with Gasteiger partial charge in [0, 0.05) is 6.20 Å². The van der Waals surface area contributed by atoms with Gasteiger partial charge < -0.3 is 4.74 Å². The van der Waals surface area contributed by atoms with E-state index in [1.807, 2.05) is 32.0 Å². The molecule has 0 aliphatic carbocycles. The van der Waals surface area contributed by atoms with Crippen molar-refractivity contribution in [2.75, 3.05) is 0 Å². The predicted octanol–water partition coefficient (Wildman–Crippen LogP) is 4.30. The number of benzene rings is 1. The average molecular weight is 314 g/mol. The first kappa shape index (κ1) is 12.3. The maximum Gasteiger partial charge on any atom is 0.237 e. The lowest BCUT2D eigenvalue weighted by Crippen LogP contribution is -1.93. The third-order valence-electron chi connectivity index (χ3n) is 2.22. The molecule has 0 aliphatic rings. The molecule has 1 aromatic carbocycles. The summed E-state index contributed by atoms with van der Waals surface area (Å²) in [6.45, 7) is 4.02. The highest BCUT2D eigenvalue weighted by Crippen LogP contribution is 2.30. The fraction of sp³-hybridized carbons (Fsp3) is 0.167. The van der Waals surface area contributed by atoms with Crippen molar-refractivity contribution >= 4 is 27.5 Å². The fourth-order valence-electron chi connectivity index (χ4n) is 1.42. The molecule has 0 N–H and O–H groups in total. The summed E-state index contributed by atoms with van der Waals surface area (Å²) in [5, 5.41) is 0.160. The Morgan fingerprint density at radius 1 is 1.29 bits per heavy atom. The Labute approximate surface area is 113 Å². The summed E-state index contributed by atoms with van der Waals surface area (Å²) >= 11 is 9.04. The van der Waals surface area contributed by atoms with E-state index < -0.39 is 0 Å². The first-order chi connectivity index (χ1) is 8.06. The van der Waals surface area contributed by atoms with Gasteiger partial charge in [-0.25, -0.2) is 4.98 Å². The van der Waals surface area contributed by atoms with Crippen molar-refractivity contribution < 1.29 is 4.74 Å². The van der Waals surface area contributed by atoms with E-state index in [1.165, 1.54) is 5.56 Å². The van der Waals surface area contributed by atoms with E-state index in [4.69, 9.17) is 16.3 Å². The molecule has 88 valence electrons. The van der Waals surface area contributed by atoms with Gasteiger partial charge in [0.15, 0.2) is 0 Å². The van der Waals surface area contributed by atoms with Crippen molar-refractivity contribution in [2.24, 2.45) is 0 Å². The Balaban J connectivity index is 2.34. The number of hydrogen-bond acceptors (Lipinski definition) is 3. The largest absolute Gasteiger partial charge is 0.437 e. The lowest BCUT2D eigenvalue weighted by atomic mass is 10.1. The van der Waals surface area contributed by atoms with E-state index >= 15 is 0 Å². The molecule has 2 aromatic rings. The summed E-state index contributed by atoms with van der Waals surface area (Å²) in [6.07, 6.45) is 1.56. The van der Waals surface area contributed by atoms with Crippen LogP contribution in [0.4, 0.5) is 0 Å². The molecule has 17 heavy (non-hydrogen) atoms.